The van der Waals surface area contributed by atoms with E-state index in [2.05, 4.69) is 10.2 Å². The van der Waals surface area contributed by atoms with E-state index in [9.17, 15) is 9.18 Å². The summed E-state index contributed by atoms with van der Waals surface area (Å²) in [5.74, 6) is 0.201. The lowest BCUT2D eigenvalue weighted by Gasteiger charge is -2.24. The Morgan fingerprint density at radius 2 is 2.08 bits per heavy atom. The molecule has 1 atom stereocenters. The van der Waals surface area contributed by atoms with Crippen LogP contribution in [-0.4, -0.2) is 48.3 Å². The molecule has 1 unspecified atom stereocenters. The van der Waals surface area contributed by atoms with Crippen LogP contribution in [0.3, 0.4) is 0 Å². The highest BCUT2D eigenvalue weighted by atomic mass is 19.1. The number of hydrogen-bond donors (Lipinski definition) is 0. The average molecular weight is 344 g/mol. The van der Waals surface area contributed by atoms with E-state index >= 15 is 0 Å². The third kappa shape index (κ3) is 3.87. The van der Waals surface area contributed by atoms with E-state index in [1.54, 1.807) is 17.0 Å². The number of benzene rings is 1. The fourth-order valence-electron chi connectivity index (χ4n) is 2.91. The van der Waals surface area contributed by atoms with Crippen molar-refractivity contribution in [3.8, 4) is 5.75 Å². The van der Waals surface area contributed by atoms with Crippen LogP contribution in [0.4, 0.5) is 10.2 Å². The van der Waals surface area contributed by atoms with Crippen molar-refractivity contribution in [3.63, 3.8) is 0 Å². The molecule has 1 aromatic heterocycles. The van der Waals surface area contributed by atoms with Crippen LogP contribution in [0.25, 0.3) is 0 Å². The Bertz CT molecular complexity index is 736. The molecule has 0 saturated carbocycles. The van der Waals surface area contributed by atoms with Crippen molar-refractivity contribution >= 4 is 11.7 Å². The number of nitrogens with zero attached hydrogens (tertiary/aromatic N) is 4. The maximum atomic E-state index is 13.6. The molecule has 2 aromatic rings. The van der Waals surface area contributed by atoms with Gasteiger partial charge in [0.1, 0.15) is 0 Å². The highest BCUT2D eigenvalue weighted by Gasteiger charge is 2.31. The number of halogens is 1. The predicted molar refractivity (Wildman–Crippen MR) is 91.9 cm³/mol. The van der Waals surface area contributed by atoms with E-state index in [4.69, 9.17) is 4.74 Å². The first kappa shape index (κ1) is 17.1. The molecule has 1 aromatic carbocycles. The molecule has 0 bridgehead atoms. The summed E-state index contributed by atoms with van der Waals surface area (Å²) >= 11 is 0. The van der Waals surface area contributed by atoms with Gasteiger partial charge in [-0.15, -0.1) is 5.10 Å². The van der Waals surface area contributed by atoms with Crippen molar-refractivity contribution in [2.75, 3.05) is 32.1 Å². The zero-order chi connectivity index (χ0) is 17.8. The van der Waals surface area contributed by atoms with E-state index in [0.717, 1.165) is 24.4 Å². The number of likely N-dealkylation sites (tertiary alicyclic amines) is 1. The summed E-state index contributed by atoms with van der Waals surface area (Å²) in [5, 5.41) is 8.44. The molecule has 6 nitrogen and oxygen atoms in total. The quantitative estimate of drug-likeness (QED) is 0.834. The number of amides is 1. The number of para-hydroxylation sites is 1. The summed E-state index contributed by atoms with van der Waals surface area (Å²) in [7, 11) is 3.80. The zero-order valence-corrected chi connectivity index (χ0v) is 14.4. The standard InChI is InChI=1S/C18H21FN4O2/c1-22(2)17-10-9-14(20-21-17)15-7-5-11-23(15)18(24)12-25-16-8-4-3-6-13(16)19/h3-4,6,8-10,15H,5,7,11-12H2,1-2H3. The number of carbonyl (C=O) groups is 1. The molecular weight excluding hydrogens is 323 g/mol. The maximum Gasteiger partial charge on any atom is 0.261 e. The summed E-state index contributed by atoms with van der Waals surface area (Å²) in [6.07, 6.45) is 1.73. The van der Waals surface area contributed by atoms with Gasteiger partial charge < -0.3 is 14.5 Å². The molecule has 1 aliphatic heterocycles. The van der Waals surface area contributed by atoms with Crippen molar-refractivity contribution in [3.05, 3.63) is 47.9 Å². The maximum absolute atomic E-state index is 13.6. The molecule has 0 aliphatic carbocycles. The minimum absolute atomic E-state index is 0.0849. The van der Waals surface area contributed by atoms with Gasteiger partial charge in [0.05, 0.1) is 11.7 Å². The van der Waals surface area contributed by atoms with Crippen LogP contribution in [-0.2, 0) is 4.79 Å². The third-order valence-electron chi connectivity index (χ3n) is 4.23. The van der Waals surface area contributed by atoms with Gasteiger partial charge in [-0.2, -0.15) is 5.10 Å². The fraction of sp³-hybridized carbons (Fsp3) is 0.389. The van der Waals surface area contributed by atoms with Gasteiger partial charge in [0, 0.05) is 20.6 Å². The molecule has 1 saturated heterocycles. The number of ether oxygens (including phenoxy) is 1. The number of anilines is 1. The zero-order valence-electron chi connectivity index (χ0n) is 14.4. The number of rotatable bonds is 5. The molecule has 7 heteroatoms. The van der Waals surface area contributed by atoms with Gasteiger partial charge in [-0.3, -0.25) is 4.79 Å². The van der Waals surface area contributed by atoms with E-state index in [-0.39, 0.29) is 24.3 Å². The first-order valence-corrected chi connectivity index (χ1v) is 8.24. The summed E-state index contributed by atoms with van der Waals surface area (Å²) < 4.78 is 18.9. The molecule has 1 aliphatic rings. The normalized spacial score (nSPS) is 16.8. The molecule has 25 heavy (non-hydrogen) atoms. The molecule has 2 heterocycles. The molecule has 3 rings (SSSR count). The second-order valence-corrected chi connectivity index (χ2v) is 6.18. The van der Waals surface area contributed by atoms with Crippen LogP contribution in [0.2, 0.25) is 0 Å². The van der Waals surface area contributed by atoms with Gasteiger partial charge in [-0.05, 0) is 37.1 Å². The van der Waals surface area contributed by atoms with Crippen LogP contribution < -0.4 is 9.64 Å². The minimum atomic E-state index is -0.474. The van der Waals surface area contributed by atoms with Crippen molar-refractivity contribution in [2.45, 2.75) is 18.9 Å². The van der Waals surface area contributed by atoms with Crippen molar-refractivity contribution < 1.29 is 13.9 Å². The second-order valence-electron chi connectivity index (χ2n) is 6.18. The van der Waals surface area contributed by atoms with Crippen molar-refractivity contribution in [1.29, 1.82) is 0 Å². The Morgan fingerprint density at radius 1 is 1.28 bits per heavy atom. The van der Waals surface area contributed by atoms with Crippen LogP contribution in [0, 0.1) is 5.82 Å². The topological polar surface area (TPSA) is 58.6 Å². The Morgan fingerprint density at radius 3 is 2.76 bits per heavy atom. The first-order chi connectivity index (χ1) is 12.1. The largest absolute Gasteiger partial charge is 0.481 e. The molecule has 0 N–H and O–H groups in total. The van der Waals surface area contributed by atoms with Gasteiger partial charge in [0.15, 0.2) is 24.0 Å². The number of hydrogen-bond acceptors (Lipinski definition) is 5. The molecular formula is C18H21FN4O2. The van der Waals surface area contributed by atoms with Crippen molar-refractivity contribution in [2.24, 2.45) is 0 Å². The Hall–Kier alpha value is -2.70. The van der Waals surface area contributed by atoms with E-state index in [1.165, 1.54) is 12.1 Å². The van der Waals surface area contributed by atoms with Crippen molar-refractivity contribution in [1.82, 2.24) is 15.1 Å². The van der Waals surface area contributed by atoms with Crippen LogP contribution in [0.5, 0.6) is 5.75 Å². The summed E-state index contributed by atoms with van der Waals surface area (Å²) in [6.45, 7) is 0.446. The van der Waals surface area contributed by atoms with Gasteiger partial charge in [-0.1, -0.05) is 12.1 Å². The summed E-state index contributed by atoms with van der Waals surface area (Å²) in [6, 6.07) is 9.74. The van der Waals surface area contributed by atoms with Gasteiger partial charge in [0.25, 0.3) is 5.91 Å². The highest BCUT2D eigenvalue weighted by Crippen LogP contribution is 2.31. The van der Waals surface area contributed by atoms with Crippen LogP contribution in [0.1, 0.15) is 24.6 Å². The third-order valence-corrected chi connectivity index (χ3v) is 4.23. The Kier molecular flexibility index (Phi) is 5.11. The fourth-order valence-corrected chi connectivity index (χ4v) is 2.91. The van der Waals surface area contributed by atoms with E-state index in [1.807, 2.05) is 31.1 Å². The Labute approximate surface area is 146 Å². The van der Waals surface area contributed by atoms with Gasteiger partial charge >= 0.3 is 0 Å². The SMILES string of the molecule is CN(C)c1ccc(C2CCCN2C(=O)COc2ccccc2F)nn1. The Balaban J connectivity index is 1.66. The minimum Gasteiger partial charge on any atom is -0.481 e. The summed E-state index contributed by atoms with van der Waals surface area (Å²) in [4.78, 5) is 16.1. The summed E-state index contributed by atoms with van der Waals surface area (Å²) in [5.41, 5.74) is 0.766. The number of aromatic nitrogens is 2. The van der Waals surface area contributed by atoms with Crippen LogP contribution >= 0.6 is 0 Å². The monoisotopic (exact) mass is 344 g/mol. The highest BCUT2D eigenvalue weighted by molar-refractivity contribution is 5.78. The molecule has 132 valence electrons. The molecule has 0 radical (unpaired) electrons. The predicted octanol–water partition coefficient (Wildman–Crippen LogP) is 2.42. The lowest BCUT2D eigenvalue weighted by atomic mass is 10.1. The smallest absolute Gasteiger partial charge is 0.261 e. The van der Waals surface area contributed by atoms with Crippen LogP contribution in [0.15, 0.2) is 36.4 Å². The average Bonchev–Trinajstić information content (AvgIpc) is 3.10. The lowest BCUT2D eigenvalue weighted by Crippen LogP contribution is -2.35. The lowest BCUT2D eigenvalue weighted by molar-refractivity contribution is -0.134. The van der Waals surface area contributed by atoms with Gasteiger partial charge in [-0.25, -0.2) is 4.39 Å². The number of carbonyl (C=O) groups excluding carboxylic acids is 1. The molecule has 1 amide bonds. The molecule has 1 fully saturated rings. The van der Waals surface area contributed by atoms with E-state index < -0.39 is 5.82 Å². The van der Waals surface area contributed by atoms with E-state index in [0.29, 0.717) is 6.54 Å². The first-order valence-electron chi connectivity index (χ1n) is 8.24. The van der Waals surface area contributed by atoms with Gasteiger partial charge in [0.2, 0.25) is 0 Å². The molecule has 0 spiro atoms. The second kappa shape index (κ2) is 7.46.